The van der Waals surface area contributed by atoms with Gasteiger partial charge in [-0.15, -0.1) is 0 Å². The molecule has 2 aromatic carbocycles. The molecule has 1 unspecified atom stereocenters. The van der Waals surface area contributed by atoms with E-state index in [1.807, 2.05) is 53.3 Å². The molecule has 0 aliphatic carbocycles. The molecular formula is C29H30N6O2. The molecule has 3 heterocycles. The summed E-state index contributed by atoms with van der Waals surface area (Å²) in [6, 6.07) is 18.3. The van der Waals surface area contributed by atoms with Gasteiger partial charge in [-0.1, -0.05) is 36.4 Å². The number of H-pyrrole nitrogens is 1. The first-order valence-corrected chi connectivity index (χ1v) is 12.3. The van der Waals surface area contributed by atoms with Gasteiger partial charge in [0.2, 0.25) is 0 Å². The van der Waals surface area contributed by atoms with E-state index in [1.54, 1.807) is 25.7 Å². The average molecular weight is 495 g/mol. The first kappa shape index (κ1) is 24.4. The third kappa shape index (κ3) is 5.44. The second-order valence-corrected chi connectivity index (χ2v) is 9.39. The number of nitrogens with one attached hydrogen (secondary N) is 1. The van der Waals surface area contributed by atoms with Crippen LogP contribution in [0.1, 0.15) is 34.1 Å². The topological polar surface area (TPSA) is 88.9 Å². The highest BCUT2D eigenvalue weighted by atomic mass is 16.5. The number of benzene rings is 2. The van der Waals surface area contributed by atoms with Crippen molar-refractivity contribution in [3.05, 3.63) is 96.2 Å². The fraction of sp³-hybridized carbons (Fsp3) is 0.241. The Morgan fingerprint density at radius 2 is 1.89 bits per heavy atom. The molecule has 0 saturated heterocycles. The predicted octanol–water partition coefficient (Wildman–Crippen LogP) is 4.80. The number of ether oxygens (including phenoxy) is 1. The number of methoxy groups -OCH3 is 1. The molecule has 5 aromatic rings. The Labute approximate surface area is 215 Å². The lowest BCUT2D eigenvalue weighted by molar-refractivity contribution is 0.0989. The van der Waals surface area contributed by atoms with Crippen molar-refractivity contribution in [2.45, 2.75) is 18.9 Å². The Hall–Kier alpha value is -4.30. The highest BCUT2D eigenvalue weighted by Gasteiger charge is 2.19. The number of carbonyl (C=O) groups is 1. The lowest BCUT2D eigenvalue weighted by Crippen LogP contribution is -2.20. The first-order chi connectivity index (χ1) is 18.0. The number of rotatable bonds is 10. The molecule has 1 N–H and O–H groups in total. The maximum atomic E-state index is 13.2. The van der Waals surface area contributed by atoms with Crippen LogP contribution in [0.2, 0.25) is 0 Å². The van der Waals surface area contributed by atoms with Crippen molar-refractivity contribution in [1.29, 1.82) is 0 Å². The largest absolute Gasteiger partial charge is 0.495 e. The molecular weight excluding hydrogens is 464 g/mol. The minimum absolute atomic E-state index is 0.0499. The highest BCUT2D eigenvalue weighted by molar-refractivity contribution is 6.07. The van der Waals surface area contributed by atoms with Gasteiger partial charge in [-0.3, -0.25) is 19.6 Å². The van der Waals surface area contributed by atoms with Gasteiger partial charge >= 0.3 is 0 Å². The quantitative estimate of drug-likeness (QED) is 0.281. The third-order valence-corrected chi connectivity index (χ3v) is 6.48. The van der Waals surface area contributed by atoms with Gasteiger partial charge in [-0.25, -0.2) is 0 Å². The monoisotopic (exact) mass is 494 g/mol. The first-order valence-electron chi connectivity index (χ1n) is 12.3. The normalized spacial score (nSPS) is 12.2. The van der Waals surface area contributed by atoms with Crippen LogP contribution in [-0.4, -0.2) is 63.4 Å². The summed E-state index contributed by atoms with van der Waals surface area (Å²) in [7, 11) is 5.76. The van der Waals surface area contributed by atoms with Crippen LogP contribution in [0.15, 0.2) is 79.4 Å². The van der Waals surface area contributed by atoms with E-state index >= 15 is 0 Å². The SMILES string of the molecule is COc1cncc(-c2ccc3c(C(=O)Cc4cnn(C(CCN(C)C)c5ccccc5)c4)n[nH]c3c2)c1. The Bertz CT molecular complexity index is 1510. The number of aromatic amines is 1. The molecule has 0 amide bonds. The zero-order chi connectivity index (χ0) is 25.8. The molecule has 0 saturated carbocycles. The molecule has 0 aliphatic heterocycles. The molecule has 1 atom stereocenters. The van der Waals surface area contributed by atoms with Crippen molar-refractivity contribution in [2.24, 2.45) is 0 Å². The number of fused-ring (bicyclic) bond motifs is 1. The van der Waals surface area contributed by atoms with Crippen LogP contribution in [-0.2, 0) is 6.42 Å². The van der Waals surface area contributed by atoms with Crippen LogP contribution < -0.4 is 4.74 Å². The smallest absolute Gasteiger partial charge is 0.188 e. The summed E-state index contributed by atoms with van der Waals surface area (Å²) in [4.78, 5) is 19.6. The third-order valence-electron chi connectivity index (χ3n) is 6.48. The molecule has 188 valence electrons. The van der Waals surface area contributed by atoms with E-state index in [0.717, 1.165) is 40.6 Å². The molecule has 0 radical (unpaired) electrons. The van der Waals surface area contributed by atoms with Crippen molar-refractivity contribution in [3.8, 4) is 16.9 Å². The second kappa shape index (κ2) is 10.8. The molecule has 8 nitrogen and oxygen atoms in total. The van der Waals surface area contributed by atoms with Crippen LogP contribution in [0.5, 0.6) is 5.75 Å². The van der Waals surface area contributed by atoms with E-state index in [-0.39, 0.29) is 18.2 Å². The minimum Gasteiger partial charge on any atom is -0.495 e. The van der Waals surface area contributed by atoms with E-state index in [1.165, 1.54) is 5.56 Å². The number of nitrogens with zero attached hydrogens (tertiary/aromatic N) is 5. The van der Waals surface area contributed by atoms with Crippen LogP contribution in [0.3, 0.4) is 0 Å². The lowest BCUT2D eigenvalue weighted by atomic mass is 10.0. The van der Waals surface area contributed by atoms with Crippen LogP contribution in [0, 0.1) is 0 Å². The molecule has 5 rings (SSSR count). The molecule has 0 bridgehead atoms. The van der Waals surface area contributed by atoms with Gasteiger partial charge in [0.25, 0.3) is 0 Å². The zero-order valence-corrected chi connectivity index (χ0v) is 21.3. The van der Waals surface area contributed by atoms with Gasteiger partial charge in [0, 0.05) is 29.8 Å². The number of pyridine rings is 1. The Morgan fingerprint density at radius 3 is 2.68 bits per heavy atom. The molecule has 0 aliphatic rings. The summed E-state index contributed by atoms with van der Waals surface area (Å²) in [5.41, 5.74) is 5.19. The second-order valence-electron chi connectivity index (χ2n) is 9.39. The van der Waals surface area contributed by atoms with Gasteiger partial charge in [-0.05, 0) is 62.0 Å². The van der Waals surface area contributed by atoms with Crippen LogP contribution >= 0.6 is 0 Å². The van der Waals surface area contributed by atoms with Crippen molar-refractivity contribution in [1.82, 2.24) is 29.9 Å². The zero-order valence-electron chi connectivity index (χ0n) is 21.3. The Morgan fingerprint density at radius 1 is 1.05 bits per heavy atom. The number of hydrogen-bond acceptors (Lipinski definition) is 6. The van der Waals surface area contributed by atoms with Gasteiger partial charge in [0.1, 0.15) is 11.4 Å². The Balaban J connectivity index is 1.35. The maximum Gasteiger partial charge on any atom is 0.188 e. The highest BCUT2D eigenvalue weighted by Crippen LogP contribution is 2.28. The molecule has 8 heteroatoms. The number of Topliss-reactive ketones (excluding diaryl/α,β-unsaturated/α-hetero) is 1. The summed E-state index contributed by atoms with van der Waals surface area (Å²) >= 11 is 0. The Kier molecular flexibility index (Phi) is 7.09. The lowest BCUT2D eigenvalue weighted by Gasteiger charge is -2.20. The van der Waals surface area contributed by atoms with E-state index < -0.39 is 0 Å². The minimum atomic E-state index is -0.0499. The van der Waals surface area contributed by atoms with E-state index in [4.69, 9.17) is 4.74 Å². The van der Waals surface area contributed by atoms with Crippen molar-refractivity contribution < 1.29 is 9.53 Å². The summed E-state index contributed by atoms with van der Waals surface area (Å²) in [5.74, 6) is 0.640. The molecule has 3 aromatic heterocycles. The maximum absolute atomic E-state index is 13.2. The van der Waals surface area contributed by atoms with Crippen molar-refractivity contribution in [3.63, 3.8) is 0 Å². The number of aromatic nitrogens is 5. The summed E-state index contributed by atoms with van der Waals surface area (Å²) in [5, 5.41) is 12.8. The van der Waals surface area contributed by atoms with E-state index in [2.05, 4.69) is 51.4 Å². The van der Waals surface area contributed by atoms with Crippen molar-refractivity contribution in [2.75, 3.05) is 27.7 Å². The summed E-state index contributed by atoms with van der Waals surface area (Å²) < 4.78 is 7.26. The number of hydrogen-bond donors (Lipinski definition) is 1. The molecule has 37 heavy (non-hydrogen) atoms. The average Bonchev–Trinajstić information content (AvgIpc) is 3.56. The van der Waals surface area contributed by atoms with Crippen molar-refractivity contribution >= 4 is 16.7 Å². The fourth-order valence-electron chi connectivity index (χ4n) is 4.52. The fourth-order valence-corrected chi connectivity index (χ4v) is 4.52. The van der Waals surface area contributed by atoms with Crippen LogP contribution in [0.4, 0.5) is 0 Å². The van der Waals surface area contributed by atoms with Gasteiger partial charge in [0.15, 0.2) is 5.78 Å². The summed E-state index contributed by atoms with van der Waals surface area (Å²) in [6.07, 6.45) is 8.37. The van der Waals surface area contributed by atoms with Gasteiger partial charge < -0.3 is 9.64 Å². The molecule has 0 fully saturated rings. The molecule has 0 spiro atoms. The van der Waals surface area contributed by atoms with Crippen LogP contribution in [0.25, 0.3) is 22.0 Å². The van der Waals surface area contributed by atoms with E-state index in [0.29, 0.717) is 11.4 Å². The summed E-state index contributed by atoms with van der Waals surface area (Å²) in [6.45, 7) is 0.931. The van der Waals surface area contributed by atoms with Gasteiger partial charge in [0.05, 0.1) is 31.1 Å². The van der Waals surface area contributed by atoms with E-state index in [9.17, 15) is 4.79 Å². The predicted molar refractivity (Wildman–Crippen MR) is 144 cm³/mol. The van der Waals surface area contributed by atoms with Gasteiger partial charge in [-0.2, -0.15) is 10.2 Å². The standard InChI is InChI=1S/C29H30N6O2/c1-34(2)12-11-27(21-7-5-4-6-8-21)35-19-20(16-31-35)13-28(36)29-25-10-9-22(15-26(25)32-33-29)23-14-24(37-3)18-30-17-23/h4-10,14-19,27H,11-13H2,1-3H3,(H,32,33). The number of ketones is 1. The number of carbonyl (C=O) groups excluding carboxylic acids is 1.